The molecule has 0 bridgehead atoms. The van der Waals surface area contributed by atoms with Crippen LogP contribution >= 0.6 is 0 Å². The number of ether oxygens (including phenoxy) is 1. The number of halogens is 6. The SMILES string of the molecule is [N-]=[N+]=C1C(S(=O)(=O)C2CCCC2)CCCC1(S(=O)(=O)C(=[N+]=[N-])S(=O)(=O)c1ccccc1OC(F)(F)F)S(=O)(=O)c1ccc(C(F)(F)F)cc1. The fourth-order valence-corrected chi connectivity index (χ4v) is 16.3. The molecule has 2 unspecified atom stereocenters. The highest BCUT2D eigenvalue weighted by Crippen LogP contribution is 2.46. The number of nitrogens with zero attached hydrogens (tertiary/aromatic N) is 4. The summed E-state index contributed by atoms with van der Waals surface area (Å²) in [7, 11) is -23.2. The molecule has 2 fully saturated rings. The molecule has 0 N–H and O–H groups in total. The van der Waals surface area contributed by atoms with Crippen LogP contribution in [0.1, 0.15) is 50.5 Å². The maximum Gasteiger partial charge on any atom is 0.573 e. The minimum Gasteiger partial charge on any atom is -0.404 e. The van der Waals surface area contributed by atoms with E-state index in [-0.39, 0.29) is 37.1 Å². The van der Waals surface area contributed by atoms with E-state index >= 15 is 0 Å². The lowest BCUT2D eigenvalue weighted by Gasteiger charge is -2.34. The molecule has 2 atom stereocenters. The fraction of sp³-hybridized carbons (Fsp3) is 0.462. The lowest BCUT2D eigenvalue weighted by Crippen LogP contribution is -2.63. The van der Waals surface area contributed by atoms with Gasteiger partial charge in [-0.2, -0.15) is 18.0 Å². The lowest BCUT2D eigenvalue weighted by molar-refractivity contribution is -0.275. The van der Waals surface area contributed by atoms with Crippen molar-refractivity contribution in [2.75, 3.05) is 0 Å². The average molecular weight is 779 g/mol. The zero-order valence-electron chi connectivity index (χ0n) is 24.6. The van der Waals surface area contributed by atoms with Gasteiger partial charge in [-0.3, -0.25) is 0 Å². The molecule has 2 aliphatic carbocycles. The van der Waals surface area contributed by atoms with Gasteiger partial charge in [0.2, 0.25) is 9.84 Å². The van der Waals surface area contributed by atoms with Crippen LogP contribution < -0.4 is 4.74 Å². The Morgan fingerprint density at radius 2 is 1.37 bits per heavy atom. The first-order chi connectivity index (χ1) is 22.5. The molecule has 13 nitrogen and oxygen atoms in total. The van der Waals surface area contributed by atoms with Gasteiger partial charge in [-0.05, 0) is 68.5 Å². The van der Waals surface area contributed by atoms with Gasteiger partial charge < -0.3 is 15.8 Å². The van der Waals surface area contributed by atoms with Crippen LogP contribution in [0.15, 0.2) is 58.3 Å². The third-order valence-electron chi connectivity index (χ3n) is 8.20. The van der Waals surface area contributed by atoms with Crippen molar-refractivity contribution in [2.24, 2.45) is 0 Å². The molecule has 2 aromatic rings. The lowest BCUT2D eigenvalue weighted by atomic mass is 9.96. The number of para-hydroxylation sites is 1. The van der Waals surface area contributed by atoms with E-state index < -0.39 is 117 Å². The molecule has 49 heavy (non-hydrogen) atoms. The van der Waals surface area contributed by atoms with Gasteiger partial charge in [0.15, 0.2) is 15.1 Å². The number of sulfone groups is 4. The molecule has 2 saturated carbocycles. The van der Waals surface area contributed by atoms with Gasteiger partial charge in [0.25, 0.3) is 23.8 Å². The summed E-state index contributed by atoms with van der Waals surface area (Å²) in [6.07, 6.45) is -12.2. The van der Waals surface area contributed by atoms with Crippen molar-refractivity contribution in [3.8, 4) is 5.75 Å². The molecule has 0 amide bonds. The van der Waals surface area contributed by atoms with Crippen LogP contribution in [0.5, 0.6) is 5.75 Å². The number of hydrogen-bond donors (Lipinski definition) is 0. The summed E-state index contributed by atoms with van der Waals surface area (Å²) in [5.41, 5.74) is 17.1. The molecule has 4 rings (SSSR count). The van der Waals surface area contributed by atoms with Crippen molar-refractivity contribution in [1.29, 1.82) is 0 Å². The predicted molar refractivity (Wildman–Crippen MR) is 157 cm³/mol. The van der Waals surface area contributed by atoms with Crippen molar-refractivity contribution in [3.05, 3.63) is 65.2 Å². The van der Waals surface area contributed by atoms with Crippen LogP contribution in [-0.2, 0) is 45.5 Å². The van der Waals surface area contributed by atoms with E-state index in [4.69, 9.17) is 0 Å². The van der Waals surface area contributed by atoms with E-state index in [0.29, 0.717) is 25.0 Å². The molecule has 23 heteroatoms. The summed E-state index contributed by atoms with van der Waals surface area (Å²) in [6.45, 7) is 0. The topological polar surface area (TPSA) is 219 Å². The Balaban J connectivity index is 2.07. The minimum absolute atomic E-state index is 0.0384. The minimum atomic E-state index is -6.51. The highest BCUT2D eigenvalue weighted by molar-refractivity contribution is 8.35. The summed E-state index contributed by atoms with van der Waals surface area (Å²) < 4.78 is 190. The summed E-state index contributed by atoms with van der Waals surface area (Å²) in [5.74, 6) is -1.55. The molecule has 0 saturated heterocycles. The number of benzene rings is 2. The van der Waals surface area contributed by atoms with Gasteiger partial charge >= 0.3 is 22.6 Å². The first-order valence-corrected chi connectivity index (χ1v) is 20.0. The zero-order valence-corrected chi connectivity index (χ0v) is 27.9. The van der Waals surface area contributed by atoms with Crippen LogP contribution in [0.25, 0.3) is 11.1 Å². The van der Waals surface area contributed by atoms with Gasteiger partial charge in [-0.1, -0.05) is 25.0 Å². The van der Waals surface area contributed by atoms with Gasteiger partial charge in [0, 0.05) is 0 Å². The second-order valence-corrected chi connectivity index (χ2v) is 20.0. The van der Waals surface area contributed by atoms with E-state index in [2.05, 4.69) is 14.3 Å². The van der Waals surface area contributed by atoms with Gasteiger partial charge in [-0.25, -0.2) is 33.7 Å². The Hall–Kier alpha value is -3.62. The van der Waals surface area contributed by atoms with Crippen molar-refractivity contribution in [1.82, 2.24) is 0 Å². The highest BCUT2D eigenvalue weighted by Gasteiger charge is 2.74. The van der Waals surface area contributed by atoms with Crippen molar-refractivity contribution >= 4 is 49.4 Å². The highest BCUT2D eigenvalue weighted by atomic mass is 32.3. The normalized spacial score (nSPS) is 21.5. The number of rotatable bonds is 7. The van der Waals surface area contributed by atoms with Crippen LogP contribution in [0.2, 0.25) is 0 Å². The summed E-state index contributed by atoms with van der Waals surface area (Å²) in [6, 6.07) is 3.50. The van der Waals surface area contributed by atoms with Crippen LogP contribution in [-0.4, -0.2) is 74.3 Å². The smallest absolute Gasteiger partial charge is 0.404 e. The van der Waals surface area contributed by atoms with E-state index in [1.807, 2.05) is 0 Å². The third kappa shape index (κ3) is 6.54. The maximum atomic E-state index is 14.6. The maximum absolute atomic E-state index is 14.6. The molecular weight excluding hydrogens is 755 g/mol. The zero-order chi connectivity index (χ0) is 36.8. The molecule has 0 aliphatic heterocycles. The molecule has 0 heterocycles. The standard InChI is InChI=1S/C26H24F6N4O9S4/c27-25(28,29)16-11-13-18(14-12-16)48(41,42)24(15-5-10-21(22(24)35-33)46(37,38)17-6-1-2-7-17)49(43,44)23(36-34)47(39,40)20-9-4-3-8-19(20)45-26(30,31)32/h3-4,8-9,11-14,17,21H,1-2,5-7,10,15H2. The second-order valence-electron chi connectivity index (χ2n) is 11.0. The Bertz CT molecular complexity index is 2190. The van der Waals surface area contributed by atoms with Gasteiger partial charge in [0.05, 0.1) is 15.7 Å². The van der Waals surface area contributed by atoms with E-state index in [1.54, 1.807) is 0 Å². The Kier molecular flexibility index (Phi) is 10.1. The monoisotopic (exact) mass is 778 g/mol. The third-order valence-corrected chi connectivity index (χ3v) is 18.9. The van der Waals surface area contributed by atoms with Crippen molar-refractivity contribution < 1.29 is 74.3 Å². The first-order valence-electron chi connectivity index (χ1n) is 13.9. The van der Waals surface area contributed by atoms with Crippen LogP contribution in [0, 0.1) is 0 Å². The fourth-order valence-electron chi connectivity index (χ4n) is 6.01. The van der Waals surface area contributed by atoms with E-state index in [1.165, 1.54) is 0 Å². The number of hydrogen-bond acceptors (Lipinski definition) is 9. The molecule has 268 valence electrons. The molecule has 0 radical (unpaired) electrons. The van der Waals surface area contributed by atoms with Gasteiger partial charge in [-0.15, -0.1) is 18.0 Å². The molecular formula is C26H24F6N4O9S4. The second kappa shape index (κ2) is 12.9. The molecule has 0 aromatic heterocycles. The van der Waals surface area contributed by atoms with Crippen LogP contribution in [0.4, 0.5) is 26.3 Å². The average Bonchev–Trinajstić information content (AvgIpc) is 3.56. The number of alkyl halides is 6. The van der Waals surface area contributed by atoms with E-state index in [0.717, 1.165) is 12.1 Å². The quantitative estimate of drug-likeness (QED) is 0.130. The Morgan fingerprint density at radius 1 is 0.796 bits per heavy atom. The molecule has 2 aliphatic rings. The predicted octanol–water partition coefficient (Wildman–Crippen LogP) is 4.13. The molecule has 0 spiro atoms. The van der Waals surface area contributed by atoms with Crippen molar-refractivity contribution in [3.63, 3.8) is 0 Å². The summed E-state index contributed by atoms with van der Waals surface area (Å²) in [4.78, 5) is 2.18. The summed E-state index contributed by atoms with van der Waals surface area (Å²) >= 11 is 0. The van der Waals surface area contributed by atoms with E-state index in [9.17, 15) is 71.1 Å². The Morgan fingerprint density at radius 3 is 1.88 bits per heavy atom. The van der Waals surface area contributed by atoms with Crippen molar-refractivity contribution in [2.45, 2.75) is 81.9 Å². The van der Waals surface area contributed by atoms with Gasteiger partial charge in [0.1, 0.15) is 10.6 Å². The van der Waals surface area contributed by atoms with Crippen LogP contribution in [0.3, 0.4) is 0 Å². The molecule has 2 aromatic carbocycles. The first kappa shape index (κ1) is 38.2. The summed E-state index contributed by atoms with van der Waals surface area (Å²) in [5, 5.41) is -3.42. The largest absolute Gasteiger partial charge is 0.573 e. The Labute approximate surface area is 275 Å².